The fraction of sp³-hybridized carbons (Fsp3) is 0.444. The predicted molar refractivity (Wildman–Crippen MR) is 91.6 cm³/mol. The van der Waals surface area contributed by atoms with Gasteiger partial charge in [-0.3, -0.25) is 9.59 Å². The lowest BCUT2D eigenvalue weighted by Crippen LogP contribution is -2.36. The molecule has 1 fully saturated rings. The highest BCUT2D eigenvalue weighted by atomic mass is 32.1. The van der Waals surface area contributed by atoms with Gasteiger partial charge in [0.1, 0.15) is 0 Å². The lowest BCUT2D eigenvalue weighted by Gasteiger charge is -2.25. The first-order chi connectivity index (χ1) is 11.1. The Kier molecular flexibility index (Phi) is 4.96. The van der Waals surface area contributed by atoms with E-state index in [0.29, 0.717) is 19.4 Å². The Balaban J connectivity index is 1.52. The van der Waals surface area contributed by atoms with Crippen LogP contribution in [0.4, 0.5) is 0 Å². The van der Waals surface area contributed by atoms with E-state index in [-0.39, 0.29) is 17.7 Å². The number of aliphatic carboxylic acids is 1. The molecule has 2 N–H and O–H groups in total. The molecule has 1 aliphatic rings. The van der Waals surface area contributed by atoms with Gasteiger partial charge in [-0.15, -0.1) is 11.3 Å². The van der Waals surface area contributed by atoms with E-state index < -0.39 is 5.97 Å². The number of hydrogen-bond acceptors (Lipinski definition) is 3. The summed E-state index contributed by atoms with van der Waals surface area (Å²) in [7, 11) is 0. The van der Waals surface area contributed by atoms with Crippen molar-refractivity contribution in [3.8, 4) is 0 Å². The molecule has 1 aliphatic carbocycles. The molecule has 122 valence electrons. The van der Waals surface area contributed by atoms with Crippen molar-refractivity contribution in [1.82, 2.24) is 5.32 Å². The standard InChI is InChI=1S/C18H21NO3S/c20-17(12-4-3-5-13(10-12)18(21)22)19-9-8-14-11-23-16-7-2-1-6-15(14)16/h1-2,6-7,11-13H,3-5,8-10H2,(H,19,20)(H,21,22). The second kappa shape index (κ2) is 7.13. The van der Waals surface area contributed by atoms with Gasteiger partial charge < -0.3 is 10.4 Å². The number of carboxylic acid groups (broad SMARTS) is 1. The number of amides is 1. The number of nitrogens with one attached hydrogen (secondary N) is 1. The van der Waals surface area contributed by atoms with Gasteiger partial charge in [0, 0.05) is 17.2 Å². The average Bonchev–Trinajstić information content (AvgIpc) is 2.98. The largest absolute Gasteiger partial charge is 0.481 e. The minimum atomic E-state index is -0.771. The van der Waals surface area contributed by atoms with Crippen LogP contribution in [-0.4, -0.2) is 23.5 Å². The molecule has 1 heterocycles. The van der Waals surface area contributed by atoms with Crippen LogP contribution in [0, 0.1) is 11.8 Å². The maximum atomic E-state index is 12.3. The number of fused-ring (bicyclic) bond motifs is 1. The molecule has 2 aromatic rings. The maximum Gasteiger partial charge on any atom is 0.306 e. The lowest BCUT2D eigenvalue weighted by atomic mass is 9.81. The molecule has 0 radical (unpaired) electrons. The maximum absolute atomic E-state index is 12.3. The van der Waals surface area contributed by atoms with Crippen LogP contribution in [0.5, 0.6) is 0 Å². The summed E-state index contributed by atoms with van der Waals surface area (Å²) in [6, 6.07) is 8.29. The van der Waals surface area contributed by atoms with Crippen molar-refractivity contribution in [3.63, 3.8) is 0 Å². The summed E-state index contributed by atoms with van der Waals surface area (Å²) in [6.07, 6.45) is 3.61. The van der Waals surface area contributed by atoms with Gasteiger partial charge in [-0.25, -0.2) is 0 Å². The molecule has 2 atom stereocenters. The smallest absolute Gasteiger partial charge is 0.306 e. The first kappa shape index (κ1) is 16.0. The third-order valence-electron chi connectivity index (χ3n) is 4.65. The summed E-state index contributed by atoms with van der Waals surface area (Å²) in [4.78, 5) is 23.3. The molecule has 23 heavy (non-hydrogen) atoms. The first-order valence-electron chi connectivity index (χ1n) is 8.11. The Morgan fingerprint density at radius 2 is 2.00 bits per heavy atom. The molecular weight excluding hydrogens is 310 g/mol. The molecule has 1 saturated carbocycles. The Labute approximate surface area is 139 Å². The first-order valence-corrected chi connectivity index (χ1v) is 8.98. The molecule has 1 aromatic carbocycles. The van der Waals surface area contributed by atoms with Crippen LogP contribution in [0.25, 0.3) is 10.1 Å². The van der Waals surface area contributed by atoms with Crippen LogP contribution in [0.15, 0.2) is 29.6 Å². The van der Waals surface area contributed by atoms with Gasteiger partial charge in [-0.1, -0.05) is 24.6 Å². The minimum absolute atomic E-state index is 0.00971. The normalized spacial score (nSPS) is 21.2. The average molecular weight is 331 g/mol. The van der Waals surface area contributed by atoms with Crippen molar-refractivity contribution < 1.29 is 14.7 Å². The highest BCUT2D eigenvalue weighted by Gasteiger charge is 2.30. The van der Waals surface area contributed by atoms with Crippen molar-refractivity contribution >= 4 is 33.3 Å². The molecular formula is C18H21NO3S. The summed E-state index contributed by atoms with van der Waals surface area (Å²) in [6.45, 7) is 0.605. The van der Waals surface area contributed by atoms with Gasteiger partial charge in [-0.05, 0) is 48.1 Å². The number of hydrogen-bond donors (Lipinski definition) is 2. The molecule has 0 aliphatic heterocycles. The molecule has 0 bridgehead atoms. The highest BCUT2D eigenvalue weighted by Crippen LogP contribution is 2.29. The van der Waals surface area contributed by atoms with Crippen molar-refractivity contribution in [1.29, 1.82) is 0 Å². The molecule has 3 rings (SSSR count). The van der Waals surface area contributed by atoms with Crippen LogP contribution < -0.4 is 5.32 Å². The molecule has 5 heteroatoms. The van der Waals surface area contributed by atoms with Gasteiger partial charge in [0.05, 0.1) is 5.92 Å². The number of thiophene rings is 1. The van der Waals surface area contributed by atoms with Crippen molar-refractivity contribution in [3.05, 3.63) is 35.2 Å². The SMILES string of the molecule is O=C(O)C1CCCC(C(=O)NCCc2csc3ccccc23)C1. The Hall–Kier alpha value is -1.88. The Morgan fingerprint density at radius 3 is 2.83 bits per heavy atom. The summed E-state index contributed by atoms with van der Waals surface area (Å²) in [5.74, 6) is -1.27. The number of carboxylic acids is 1. The molecule has 0 spiro atoms. The number of carbonyl (C=O) groups is 2. The van der Waals surface area contributed by atoms with E-state index in [1.165, 1.54) is 15.6 Å². The monoisotopic (exact) mass is 331 g/mol. The Morgan fingerprint density at radius 1 is 1.22 bits per heavy atom. The third-order valence-corrected chi connectivity index (χ3v) is 5.66. The minimum Gasteiger partial charge on any atom is -0.481 e. The van der Waals surface area contributed by atoms with E-state index in [1.807, 2.05) is 12.1 Å². The van der Waals surface area contributed by atoms with Crippen LogP contribution in [0.3, 0.4) is 0 Å². The molecule has 1 aromatic heterocycles. The van der Waals surface area contributed by atoms with Gasteiger partial charge in [0.25, 0.3) is 0 Å². The van der Waals surface area contributed by atoms with Gasteiger partial charge in [0.15, 0.2) is 0 Å². The number of benzene rings is 1. The van der Waals surface area contributed by atoms with Crippen molar-refractivity contribution in [2.24, 2.45) is 11.8 Å². The fourth-order valence-electron chi connectivity index (χ4n) is 3.34. The third kappa shape index (κ3) is 3.72. The van der Waals surface area contributed by atoms with E-state index in [9.17, 15) is 9.59 Å². The van der Waals surface area contributed by atoms with E-state index >= 15 is 0 Å². The molecule has 4 nitrogen and oxygen atoms in total. The summed E-state index contributed by atoms with van der Waals surface area (Å²) < 4.78 is 1.27. The van der Waals surface area contributed by atoms with Crippen LogP contribution in [-0.2, 0) is 16.0 Å². The fourth-order valence-corrected chi connectivity index (χ4v) is 4.34. The summed E-state index contributed by atoms with van der Waals surface area (Å²) in [5, 5.41) is 15.5. The van der Waals surface area contributed by atoms with Crippen molar-refractivity contribution in [2.75, 3.05) is 6.54 Å². The van der Waals surface area contributed by atoms with E-state index in [4.69, 9.17) is 5.11 Å². The van der Waals surface area contributed by atoms with Crippen LogP contribution >= 0.6 is 11.3 Å². The van der Waals surface area contributed by atoms with Crippen LogP contribution in [0.1, 0.15) is 31.2 Å². The topological polar surface area (TPSA) is 66.4 Å². The molecule has 1 amide bonds. The van der Waals surface area contributed by atoms with Crippen LogP contribution in [0.2, 0.25) is 0 Å². The predicted octanol–water partition coefficient (Wildman–Crippen LogP) is 3.45. The van der Waals surface area contributed by atoms with Crippen molar-refractivity contribution in [2.45, 2.75) is 32.1 Å². The zero-order valence-corrected chi connectivity index (χ0v) is 13.8. The molecule has 0 saturated heterocycles. The van der Waals surface area contributed by atoms with E-state index in [0.717, 1.165) is 19.3 Å². The zero-order chi connectivity index (χ0) is 16.2. The summed E-state index contributed by atoms with van der Waals surface area (Å²) >= 11 is 1.73. The number of rotatable bonds is 5. The highest BCUT2D eigenvalue weighted by molar-refractivity contribution is 7.17. The van der Waals surface area contributed by atoms with Gasteiger partial charge >= 0.3 is 5.97 Å². The van der Waals surface area contributed by atoms with E-state index in [1.54, 1.807) is 11.3 Å². The quantitative estimate of drug-likeness (QED) is 0.882. The van der Waals surface area contributed by atoms with Gasteiger partial charge in [0.2, 0.25) is 5.91 Å². The van der Waals surface area contributed by atoms with Gasteiger partial charge in [-0.2, -0.15) is 0 Å². The zero-order valence-electron chi connectivity index (χ0n) is 13.0. The second-order valence-corrected chi connectivity index (χ2v) is 7.11. The lowest BCUT2D eigenvalue weighted by molar-refractivity contribution is -0.144. The second-order valence-electron chi connectivity index (χ2n) is 6.20. The Bertz CT molecular complexity index is 709. The molecule has 2 unspecified atom stereocenters. The number of carbonyl (C=O) groups excluding carboxylic acids is 1. The summed E-state index contributed by atoms with van der Waals surface area (Å²) in [5.41, 5.74) is 1.26. The van der Waals surface area contributed by atoms with E-state index in [2.05, 4.69) is 22.8 Å².